The Hall–Kier alpha value is -2.25. The van der Waals surface area contributed by atoms with Gasteiger partial charge in [0.1, 0.15) is 5.82 Å². The van der Waals surface area contributed by atoms with Gasteiger partial charge in [-0.25, -0.2) is 4.39 Å². The quantitative estimate of drug-likeness (QED) is 0.856. The highest BCUT2D eigenvalue weighted by Gasteiger charge is 2.29. The number of halogens is 1. The lowest BCUT2D eigenvalue weighted by atomic mass is 9.87. The van der Waals surface area contributed by atoms with Gasteiger partial charge < -0.3 is 15.0 Å². The molecule has 1 atom stereocenters. The van der Waals surface area contributed by atoms with Gasteiger partial charge in [-0.2, -0.15) is 0 Å². The van der Waals surface area contributed by atoms with E-state index in [4.69, 9.17) is 4.74 Å². The highest BCUT2D eigenvalue weighted by Crippen LogP contribution is 2.33. The van der Waals surface area contributed by atoms with Gasteiger partial charge in [-0.1, -0.05) is 18.2 Å². The van der Waals surface area contributed by atoms with Crippen LogP contribution in [-0.2, 0) is 28.9 Å². The number of hydrogen-bond acceptors (Lipinski definition) is 4. The maximum absolute atomic E-state index is 13.7. The Morgan fingerprint density at radius 2 is 2.04 bits per heavy atom. The van der Waals surface area contributed by atoms with E-state index in [2.05, 4.69) is 5.32 Å². The van der Waals surface area contributed by atoms with Crippen molar-refractivity contribution in [1.82, 2.24) is 10.2 Å². The normalized spacial score (nSPS) is 19.2. The van der Waals surface area contributed by atoms with Crippen molar-refractivity contribution in [2.45, 2.75) is 25.8 Å². The summed E-state index contributed by atoms with van der Waals surface area (Å²) in [5.74, 6) is -0.442. The van der Waals surface area contributed by atoms with Crippen LogP contribution in [0.1, 0.15) is 32.1 Å². The van der Waals surface area contributed by atoms with Crippen LogP contribution in [0.3, 0.4) is 0 Å². The topological polar surface area (TPSA) is 58.6 Å². The van der Waals surface area contributed by atoms with Crippen LogP contribution < -0.4 is 5.32 Å². The molecule has 0 radical (unpaired) electrons. The third kappa shape index (κ3) is 4.10. The highest BCUT2D eigenvalue weighted by molar-refractivity contribution is 7.14. The standard InChI is InChI=1S/C21H23FN2O3S/c22-17-4-2-1-3-15(17)13-23-20(25)14-5-6-18-16(11-14)12-19(28-18)21(26)24-7-9-27-10-8-24/h1-4,12,14H,5-11,13H2,(H,23,25). The first-order valence-corrected chi connectivity index (χ1v) is 10.4. The van der Waals surface area contributed by atoms with Gasteiger partial charge in [0.25, 0.3) is 5.91 Å². The van der Waals surface area contributed by atoms with E-state index < -0.39 is 0 Å². The molecular formula is C21H23FN2O3S. The van der Waals surface area contributed by atoms with Crippen molar-refractivity contribution >= 4 is 23.2 Å². The van der Waals surface area contributed by atoms with Crippen LogP contribution in [0.2, 0.25) is 0 Å². The molecule has 2 heterocycles. The summed E-state index contributed by atoms with van der Waals surface area (Å²) in [6, 6.07) is 8.42. The predicted molar refractivity (Wildman–Crippen MR) is 105 cm³/mol. The molecule has 0 saturated carbocycles. The van der Waals surface area contributed by atoms with Gasteiger partial charge in [0, 0.05) is 36.0 Å². The number of hydrogen-bond donors (Lipinski definition) is 1. The van der Waals surface area contributed by atoms with E-state index in [0.717, 1.165) is 23.3 Å². The van der Waals surface area contributed by atoms with Crippen LogP contribution in [0.25, 0.3) is 0 Å². The molecule has 148 valence electrons. The Morgan fingerprint density at radius 3 is 2.82 bits per heavy atom. The van der Waals surface area contributed by atoms with E-state index in [9.17, 15) is 14.0 Å². The summed E-state index contributed by atoms with van der Waals surface area (Å²) in [4.78, 5) is 29.0. The molecule has 1 aliphatic heterocycles. The Kier molecular flexibility index (Phi) is 5.73. The largest absolute Gasteiger partial charge is 0.378 e. The van der Waals surface area contributed by atoms with Gasteiger partial charge in [-0.05, 0) is 37.0 Å². The second-order valence-electron chi connectivity index (χ2n) is 7.21. The second kappa shape index (κ2) is 8.41. The number of nitrogens with zero attached hydrogens (tertiary/aromatic N) is 1. The zero-order chi connectivity index (χ0) is 19.5. The first-order chi connectivity index (χ1) is 13.6. The molecule has 1 fully saturated rings. The minimum Gasteiger partial charge on any atom is -0.378 e. The molecule has 1 saturated heterocycles. The first kappa shape index (κ1) is 19.1. The number of benzene rings is 1. The van der Waals surface area contributed by atoms with Crippen molar-refractivity contribution in [3.05, 3.63) is 57.0 Å². The number of amides is 2. The average Bonchev–Trinajstić information content (AvgIpc) is 3.16. The monoisotopic (exact) mass is 402 g/mol. The van der Waals surface area contributed by atoms with E-state index in [1.54, 1.807) is 29.5 Å². The maximum atomic E-state index is 13.7. The fourth-order valence-corrected chi connectivity index (χ4v) is 4.92. The molecule has 5 nitrogen and oxygen atoms in total. The molecule has 2 amide bonds. The summed E-state index contributed by atoms with van der Waals surface area (Å²) in [5.41, 5.74) is 1.58. The molecule has 1 N–H and O–H groups in total. The predicted octanol–water partition coefficient (Wildman–Crippen LogP) is 2.78. The van der Waals surface area contributed by atoms with E-state index in [0.29, 0.717) is 38.3 Å². The lowest BCUT2D eigenvalue weighted by Crippen LogP contribution is -2.40. The molecule has 2 aromatic rings. The Balaban J connectivity index is 1.37. The summed E-state index contributed by atoms with van der Waals surface area (Å²) in [7, 11) is 0. The molecule has 4 rings (SSSR count). The number of fused-ring (bicyclic) bond motifs is 1. The van der Waals surface area contributed by atoms with Crippen molar-refractivity contribution in [3.8, 4) is 0 Å². The molecule has 1 aromatic carbocycles. The van der Waals surface area contributed by atoms with Crippen molar-refractivity contribution in [2.24, 2.45) is 5.92 Å². The SMILES string of the molecule is O=C(NCc1ccccc1F)C1CCc2sc(C(=O)N3CCOCC3)cc2C1. The number of thiophene rings is 1. The van der Waals surface area contributed by atoms with E-state index in [1.165, 1.54) is 10.9 Å². The smallest absolute Gasteiger partial charge is 0.264 e. The molecule has 1 aromatic heterocycles. The third-order valence-electron chi connectivity index (χ3n) is 5.37. The number of nitrogens with one attached hydrogen (secondary N) is 1. The number of morpholine rings is 1. The molecule has 0 bridgehead atoms. The number of ether oxygens (including phenoxy) is 1. The van der Waals surface area contributed by atoms with Crippen LogP contribution in [0.5, 0.6) is 0 Å². The molecule has 28 heavy (non-hydrogen) atoms. The summed E-state index contributed by atoms with van der Waals surface area (Å²) in [6.07, 6.45) is 2.18. The van der Waals surface area contributed by atoms with Crippen LogP contribution in [0.15, 0.2) is 30.3 Å². The van der Waals surface area contributed by atoms with Gasteiger partial charge in [-0.3, -0.25) is 9.59 Å². The fourth-order valence-electron chi connectivity index (χ4n) is 3.74. The molecule has 2 aliphatic rings. The Labute approximate surface area is 167 Å². The van der Waals surface area contributed by atoms with Gasteiger partial charge >= 0.3 is 0 Å². The van der Waals surface area contributed by atoms with E-state index >= 15 is 0 Å². The summed E-state index contributed by atoms with van der Waals surface area (Å²) >= 11 is 1.55. The molecule has 1 unspecified atom stereocenters. The molecule has 7 heteroatoms. The number of aryl methyl sites for hydroxylation is 1. The molecule has 1 aliphatic carbocycles. The summed E-state index contributed by atoms with van der Waals surface area (Å²) in [5, 5.41) is 2.86. The number of rotatable bonds is 4. The van der Waals surface area contributed by atoms with E-state index in [-0.39, 0.29) is 30.1 Å². The zero-order valence-electron chi connectivity index (χ0n) is 15.6. The zero-order valence-corrected chi connectivity index (χ0v) is 16.4. The second-order valence-corrected chi connectivity index (χ2v) is 8.35. The fraction of sp³-hybridized carbons (Fsp3) is 0.429. The van der Waals surface area contributed by atoms with Gasteiger partial charge in [0.2, 0.25) is 5.91 Å². The van der Waals surface area contributed by atoms with Gasteiger partial charge in [0.05, 0.1) is 18.1 Å². The van der Waals surface area contributed by atoms with Gasteiger partial charge in [-0.15, -0.1) is 11.3 Å². The maximum Gasteiger partial charge on any atom is 0.264 e. The van der Waals surface area contributed by atoms with Crippen LogP contribution in [-0.4, -0.2) is 43.0 Å². The third-order valence-corrected chi connectivity index (χ3v) is 6.60. The Morgan fingerprint density at radius 1 is 1.25 bits per heavy atom. The lowest BCUT2D eigenvalue weighted by Gasteiger charge is -2.26. The van der Waals surface area contributed by atoms with Gasteiger partial charge in [0.15, 0.2) is 0 Å². The molecule has 0 spiro atoms. The van der Waals surface area contributed by atoms with Crippen molar-refractivity contribution < 1.29 is 18.7 Å². The van der Waals surface area contributed by atoms with Crippen molar-refractivity contribution in [2.75, 3.05) is 26.3 Å². The van der Waals surface area contributed by atoms with E-state index in [1.807, 2.05) is 11.0 Å². The summed E-state index contributed by atoms with van der Waals surface area (Å²) in [6.45, 7) is 2.62. The van der Waals surface area contributed by atoms with Crippen LogP contribution in [0.4, 0.5) is 4.39 Å². The lowest BCUT2D eigenvalue weighted by molar-refractivity contribution is -0.125. The highest BCUT2D eigenvalue weighted by atomic mass is 32.1. The number of carbonyl (C=O) groups excluding carboxylic acids is 2. The Bertz CT molecular complexity index is 876. The van der Waals surface area contributed by atoms with Crippen molar-refractivity contribution in [3.63, 3.8) is 0 Å². The first-order valence-electron chi connectivity index (χ1n) is 9.61. The van der Waals surface area contributed by atoms with Crippen molar-refractivity contribution in [1.29, 1.82) is 0 Å². The van der Waals surface area contributed by atoms with Crippen LogP contribution in [0, 0.1) is 11.7 Å². The molecular weight excluding hydrogens is 379 g/mol. The number of carbonyl (C=O) groups is 2. The summed E-state index contributed by atoms with van der Waals surface area (Å²) < 4.78 is 19.0. The average molecular weight is 402 g/mol. The minimum absolute atomic E-state index is 0.0545. The van der Waals surface area contributed by atoms with Crippen LogP contribution >= 0.6 is 11.3 Å². The minimum atomic E-state index is -0.308.